The lowest BCUT2D eigenvalue weighted by Crippen LogP contribution is -2.37. The molecule has 0 aromatic heterocycles. The number of aliphatic carboxylic acids is 1. The summed E-state index contributed by atoms with van der Waals surface area (Å²) < 4.78 is 0. The standard InChI is InChI=1S/C8H16N2O2/c9-5-10-7-3-1-6(2-4-7)8(11)12/h6-7,10H,1-5,9H2,(H,11,12). The van der Waals surface area contributed by atoms with Crippen LogP contribution in [0.4, 0.5) is 0 Å². The second-order valence-corrected chi connectivity index (χ2v) is 3.30. The number of hydrogen-bond acceptors (Lipinski definition) is 3. The Morgan fingerprint density at radius 2 is 2.00 bits per heavy atom. The molecule has 0 aromatic carbocycles. The second-order valence-electron chi connectivity index (χ2n) is 3.30. The van der Waals surface area contributed by atoms with Crippen molar-refractivity contribution in [2.24, 2.45) is 11.7 Å². The number of carboxylic acid groups (broad SMARTS) is 1. The molecule has 0 heterocycles. The summed E-state index contributed by atoms with van der Waals surface area (Å²) in [6, 6.07) is 0.436. The molecule has 1 aliphatic rings. The van der Waals surface area contributed by atoms with E-state index in [0.717, 1.165) is 25.7 Å². The first-order chi connectivity index (χ1) is 5.74. The summed E-state index contributed by atoms with van der Waals surface area (Å²) >= 11 is 0. The summed E-state index contributed by atoms with van der Waals surface area (Å²) in [4.78, 5) is 10.6. The highest BCUT2D eigenvalue weighted by atomic mass is 16.4. The Morgan fingerprint density at radius 1 is 1.42 bits per heavy atom. The minimum Gasteiger partial charge on any atom is -0.481 e. The first-order valence-electron chi connectivity index (χ1n) is 4.40. The molecule has 70 valence electrons. The molecule has 0 atom stereocenters. The molecule has 1 aliphatic carbocycles. The first-order valence-corrected chi connectivity index (χ1v) is 4.40. The maximum absolute atomic E-state index is 10.6. The third-order valence-corrected chi connectivity index (χ3v) is 2.48. The molecular weight excluding hydrogens is 156 g/mol. The number of carbonyl (C=O) groups is 1. The third kappa shape index (κ3) is 2.46. The summed E-state index contributed by atoms with van der Waals surface area (Å²) in [5, 5.41) is 11.8. The Labute approximate surface area is 72.1 Å². The molecule has 0 bridgehead atoms. The molecule has 4 heteroatoms. The van der Waals surface area contributed by atoms with Crippen molar-refractivity contribution >= 4 is 5.97 Å². The largest absolute Gasteiger partial charge is 0.481 e. The molecule has 0 unspecified atom stereocenters. The van der Waals surface area contributed by atoms with Crippen molar-refractivity contribution in [1.82, 2.24) is 5.32 Å². The number of nitrogens with two attached hydrogens (primary N) is 1. The Bertz CT molecular complexity index is 153. The molecule has 1 fully saturated rings. The van der Waals surface area contributed by atoms with Crippen LogP contribution in [0, 0.1) is 5.92 Å². The molecule has 4 N–H and O–H groups in total. The quantitative estimate of drug-likeness (QED) is 0.529. The van der Waals surface area contributed by atoms with Gasteiger partial charge in [-0.15, -0.1) is 0 Å². The third-order valence-electron chi connectivity index (χ3n) is 2.48. The van der Waals surface area contributed by atoms with Gasteiger partial charge in [0.2, 0.25) is 0 Å². The van der Waals surface area contributed by atoms with E-state index in [9.17, 15) is 4.79 Å². The molecule has 4 nitrogen and oxygen atoms in total. The first kappa shape index (κ1) is 9.48. The zero-order valence-corrected chi connectivity index (χ0v) is 7.12. The van der Waals surface area contributed by atoms with Gasteiger partial charge in [0.15, 0.2) is 0 Å². The summed E-state index contributed by atoms with van der Waals surface area (Å²) in [7, 11) is 0. The normalized spacial score (nSPS) is 30.1. The topological polar surface area (TPSA) is 75.3 Å². The molecule has 0 aromatic rings. The fraction of sp³-hybridized carbons (Fsp3) is 0.875. The number of nitrogens with one attached hydrogen (secondary N) is 1. The summed E-state index contributed by atoms with van der Waals surface area (Å²) in [6.45, 7) is 0.488. The molecule has 0 radical (unpaired) electrons. The lowest BCUT2D eigenvalue weighted by atomic mass is 9.86. The van der Waals surface area contributed by atoms with Crippen LogP contribution in [0.5, 0.6) is 0 Å². The Kier molecular flexibility index (Phi) is 3.49. The average Bonchev–Trinajstić information content (AvgIpc) is 2.06. The van der Waals surface area contributed by atoms with E-state index in [0.29, 0.717) is 12.7 Å². The maximum atomic E-state index is 10.6. The van der Waals surface area contributed by atoms with Gasteiger partial charge < -0.3 is 16.2 Å². The van der Waals surface area contributed by atoms with Crippen LogP contribution in [-0.4, -0.2) is 23.8 Å². The van der Waals surface area contributed by atoms with E-state index in [-0.39, 0.29) is 5.92 Å². The fourth-order valence-electron chi connectivity index (χ4n) is 1.71. The lowest BCUT2D eigenvalue weighted by molar-refractivity contribution is -0.142. The van der Waals surface area contributed by atoms with E-state index in [1.54, 1.807) is 0 Å². The van der Waals surface area contributed by atoms with E-state index in [1.165, 1.54) is 0 Å². The number of hydrogen-bond donors (Lipinski definition) is 3. The minimum absolute atomic E-state index is 0.124. The van der Waals surface area contributed by atoms with E-state index in [2.05, 4.69) is 5.32 Å². The zero-order chi connectivity index (χ0) is 8.97. The van der Waals surface area contributed by atoms with Crippen molar-refractivity contribution in [2.75, 3.05) is 6.67 Å². The highest BCUT2D eigenvalue weighted by molar-refractivity contribution is 5.70. The van der Waals surface area contributed by atoms with Gasteiger partial charge in [0.25, 0.3) is 0 Å². The van der Waals surface area contributed by atoms with Crippen molar-refractivity contribution in [2.45, 2.75) is 31.7 Å². The average molecular weight is 172 g/mol. The fourth-order valence-corrected chi connectivity index (χ4v) is 1.71. The Morgan fingerprint density at radius 3 is 2.42 bits per heavy atom. The SMILES string of the molecule is NCNC1CCC(C(=O)O)CC1. The molecule has 0 amide bonds. The van der Waals surface area contributed by atoms with Crippen LogP contribution in [0.15, 0.2) is 0 Å². The van der Waals surface area contributed by atoms with Gasteiger partial charge in [-0.25, -0.2) is 0 Å². The Balaban J connectivity index is 2.25. The highest BCUT2D eigenvalue weighted by Crippen LogP contribution is 2.23. The van der Waals surface area contributed by atoms with Gasteiger partial charge in [0.1, 0.15) is 0 Å². The number of carboxylic acids is 1. The van der Waals surface area contributed by atoms with E-state index in [4.69, 9.17) is 10.8 Å². The van der Waals surface area contributed by atoms with Crippen LogP contribution >= 0.6 is 0 Å². The van der Waals surface area contributed by atoms with Gasteiger partial charge in [0, 0.05) is 12.7 Å². The van der Waals surface area contributed by atoms with Crippen molar-refractivity contribution < 1.29 is 9.90 Å². The molecule has 0 spiro atoms. The van der Waals surface area contributed by atoms with Crippen LogP contribution in [0.25, 0.3) is 0 Å². The van der Waals surface area contributed by atoms with Crippen LogP contribution in [0.3, 0.4) is 0 Å². The van der Waals surface area contributed by atoms with E-state index < -0.39 is 5.97 Å². The molecule has 0 saturated heterocycles. The summed E-state index contributed by atoms with van der Waals surface area (Å²) in [5.41, 5.74) is 5.33. The van der Waals surface area contributed by atoms with E-state index >= 15 is 0 Å². The monoisotopic (exact) mass is 172 g/mol. The van der Waals surface area contributed by atoms with E-state index in [1.807, 2.05) is 0 Å². The van der Waals surface area contributed by atoms with Crippen LogP contribution in [0.1, 0.15) is 25.7 Å². The van der Waals surface area contributed by atoms with Gasteiger partial charge in [-0.2, -0.15) is 0 Å². The van der Waals surface area contributed by atoms with Crippen LogP contribution in [-0.2, 0) is 4.79 Å². The van der Waals surface area contributed by atoms with Crippen LogP contribution in [0.2, 0.25) is 0 Å². The minimum atomic E-state index is -0.652. The predicted octanol–water partition coefficient (Wildman–Crippen LogP) is 0.136. The second kappa shape index (κ2) is 4.42. The predicted molar refractivity (Wildman–Crippen MR) is 45.6 cm³/mol. The van der Waals surface area contributed by atoms with Crippen molar-refractivity contribution in [3.05, 3.63) is 0 Å². The van der Waals surface area contributed by atoms with Gasteiger partial charge in [0.05, 0.1) is 5.92 Å². The molecule has 1 rings (SSSR count). The van der Waals surface area contributed by atoms with Gasteiger partial charge in [-0.3, -0.25) is 4.79 Å². The molecule has 0 aliphatic heterocycles. The van der Waals surface area contributed by atoms with Gasteiger partial charge in [-0.05, 0) is 25.7 Å². The number of rotatable bonds is 3. The van der Waals surface area contributed by atoms with Crippen molar-refractivity contribution in [1.29, 1.82) is 0 Å². The zero-order valence-electron chi connectivity index (χ0n) is 7.12. The highest BCUT2D eigenvalue weighted by Gasteiger charge is 2.24. The molecular formula is C8H16N2O2. The lowest BCUT2D eigenvalue weighted by Gasteiger charge is -2.26. The summed E-state index contributed by atoms with van der Waals surface area (Å²) in [6.07, 6.45) is 3.45. The maximum Gasteiger partial charge on any atom is 0.306 e. The molecule has 12 heavy (non-hydrogen) atoms. The smallest absolute Gasteiger partial charge is 0.306 e. The summed E-state index contributed by atoms with van der Waals surface area (Å²) in [5.74, 6) is -0.776. The van der Waals surface area contributed by atoms with Gasteiger partial charge >= 0.3 is 5.97 Å². The van der Waals surface area contributed by atoms with Crippen molar-refractivity contribution in [3.8, 4) is 0 Å². The van der Waals surface area contributed by atoms with Crippen LogP contribution < -0.4 is 11.1 Å². The van der Waals surface area contributed by atoms with Crippen molar-refractivity contribution in [3.63, 3.8) is 0 Å². The Hall–Kier alpha value is -0.610. The molecule has 1 saturated carbocycles. The van der Waals surface area contributed by atoms with Gasteiger partial charge in [-0.1, -0.05) is 0 Å².